The largest absolute Gasteiger partial charge is 0.493 e. The van der Waals surface area contributed by atoms with Crippen LogP contribution in [0.2, 0.25) is 0 Å². The molecule has 5 heteroatoms. The van der Waals surface area contributed by atoms with E-state index in [9.17, 15) is 4.79 Å². The highest BCUT2D eigenvalue weighted by molar-refractivity contribution is 9.09. The van der Waals surface area contributed by atoms with Gasteiger partial charge in [-0.3, -0.25) is 4.79 Å². The second-order valence-electron chi connectivity index (χ2n) is 4.88. The Hall–Kier alpha value is -1.23. The maximum absolute atomic E-state index is 12.3. The van der Waals surface area contributed by atoms with Crippen LogP contribution in [-0.4, -0.2) is 32.0 Å². The van der Waals surface area contributed by atoms with Crippen LogP contribution in [0.15, 0.2) is 18.2 Å². The Bertz CT molecular complexity index is 445. The quantitative estimate of drug-likeness (QED) is 0.686. The van der Waals surface area contributed by atoms with Gasteiger partial charge >= 0.3 is 0 Å². The van der Waals surface area contributed by atoms with E-state index in [1.807, 2.05) is 0 Å². The number of nitrogens with one attached hydrogen (secondary N) is 1. The number of benzene rings is 1. The molecular formula is C16H24BrNO3. The molecule has 0 saturated carbocycles. The lowest BCUT2D eigenvalue weighted by Crippen LogP contribution is -2.29. The van der Waals surface area contributed by atoms with Crippen molar-refractivity contribution >= 4 is 21.8 Å². The number of hydrogen-bond acceptors (Lipinski definition) is 3. The van der Waals surface area contributed by atoms with Gasteiger partial charge in [0.05, 0.1) is 19.8 Å². The Morgan fingerprint density at radius 2 is 2.05 bits per heavy atom. The highest BCUT2D eigenvalue weighted by Crippen LogP contribution is 2.30. The second-order valence-corrected chi connectivity index (χ2v) is 5.68. The minimum atomic E-state index is -0.124. The number of para-hydroxylation sites is 1. The SMILES string of the molecule is CCCC(CCBr)CNC(=O)c1cccc(OC)c1OC. The summed E-state index contributed by atoms with van der Waals surface area (Å²) in [6.45, 7) is 2.84. The zero-order chi connectivity index (χ0) is 15.7. The number of ether oxygens (including phenoxy) is 2. The van der Waals surface area contributed by atoms with E-state index in [2.05, 4.69) is 28.2 Å². The van der Waals surface area contributed by atoms with E-state index in [-0.39, 0.29) is 5.91 Å². The molecule has 1 N–H and O–H groups in total. The summed E-state index contributed by atoms with van der Waals surface area (Å²) in [7, 11) is 3.10. The Balaban J connectivity index is 2.75. The van der Waals surface area contributed by atoms with Crippen molar-refractivity contribution in [2.75, 3.05) is 26.1 Å². The maximum atomic E-state index is 12.3. The molecule has 0 radical (unpaired) electrons. The number of methoxy groups -OCH3 is 2. The van der Waals surface area contributed by atoms with Crippen LogP contribution in [0.1, 0.15) is 36.5 Å². The fourth-order valence-corrected chi connectivity index (χ4v) is 2.96. The lowest BCUT2D eigenvalue weighted by molar-refractivity contribution is 0.0942. The van der Waals surface area contributed by atoms with Crippen LogP contribution in [0.5, 0.6) is 11.5 Å². The van der Waals surface area contributed by atoms with Gasteiger partial charge in [-0.05, 0) is 30.9 Å². The van der Waals surface area contributed by atoms with Crippen molar-refractivity contribution in [2.24, 2.45) is 5.92 Å². The topological polar surface area (TPSA) is 47.6 Å². The molecule has 0 fully saturated rings. The van der Waals surface area contributed by atoms with E-state index >= 15 is 0 Å². The summed E-state index contributed by atoms with van der Waals surface area (Å²) in [6.07, 6.45) is 3.29. The van der Waals surface area contributed by atoms with Gasteiger partial charge in [-0.25, -0.2) is 0 Å². The fourth-order valence-electron chi connectivity index (χ4n) is 2.31. The van der Waals surface area contributed by atoms with Crippen molar-refractivity contribution in [3.05, 3.63) is 23.8 Å². The molecule has 0 bridgehead atoms. The third-order valence-electron chi connectivity index (χ3n) is 3.41. The van der Waals surface area contributed by atoms with Crippen LogP contribution in [0.4, 0.5) is 0 Å². The molecule has 1 atom stereocenters. The van der Waals surface area contributed by atoms with E-state index in [0.717, 1.165) is 24.6 Å². The van der Waals surface area contributed by atoms with Gasteiger partial charge in [-0.15, -0.1) is 0 Å². The lowest BCUT2D eigenvalue weighted by atomic mass is 10.0. The first-order valence-electron chi connectivity index (χ1n) is 7.23. The zero-order valence-electron chi connectivity index (χ0n) is 12.9. The molecule has 0 heterocycles. The molecule has 118 valence electrons. The molecule has 0 aromatic heterocycles. The molecule has 0 aliphatic carbocycles. The normalized spacial score (nSPS) is 11.8. The van der Waals surface area contributed by atoms with Crippen LogP contribution >= 0.6 is 15.9 Å². The molecule has 1 aromatic carbocycles. The van der Waals surface area contributed by atoms with Crippen molar-refractivity contribution in [1.82, 2.24) is 5.32 Å². The molecule has 0 spiro atoms. The second kappa shape index (κ2) is 9.66. The molecule has 1 amide bonds. The molecule has 4 nitrogen and oxygen atoms in total. The third kappa shape index (κ3) is 5.23. The predicted octanol–water partition coefficient (Wildman–Crippen LogP) is 3.63. The van der Waals surface area contributed by atoms with E-state index < -0.39 is 0 Å². The molecule has 0 aliphatic heterocycles. The zero-order valence-corrected chi connectivity index (χ0v) is 14.5. The lowest BCUT2D eigenvalue weighted by Gasteiger charge is -2.17. The number of amides is 1. The highest BCUT2D eigenvalue weighted by Gasteiger charge is 2.17. The van der Waals surface area contributed by atoms with E-state index in [1.165, 1.54) is 0 Å². The van der Waals surface area contributed by atoms with Gasteiger partial charge in [0.2, 0.25) is 0 Å². The summed E-state index contributed by atoms with van der Waals surface area (Å²) < 4.78 is 10.5. The average molecular weight is 358 g/mol. The first-order valence-corrected chi connectivity index (χ1v) is 8.35. The van der Waals surface area contributed by atoms with E-state index in [0.29, 0.717) is 29.5 Å². The van der Waals surface area contributed by atoms with Crippen LogP contribution in [-0.2, 0) is 0 Å². The highest BCUT2D eigenvalue weighted by atomic mass is 79.9. The van der Waals surface area contributed by atoms with Gasteiger partial charge in [0.25, 0.3) is 5.91 Å². The molecule has 1 aromatic rings. The summed E-state index contributed by atoms with van der Waals surface area (Å²) in [5.41, 5.74) is 0.506. The molecule has 21 heavy (non-hydrogen) atoms. The number of halogens is 1. The average Bonchev–Trinajstić information content (AvgIpc) is 2.51. The van der Waals surface area contributed by atoms with Crippen molar-refractivity contribution in [3.8, 4) is 11.5 Å². The minimum absolute atomic E-state index is 0.124. The van der Waals surface area contributed by atoms with Crippen molar-refractivity contribution in [3.63, 3.8) is 0 Å². The van der Waals surface area contributed by atoms with Gasteiger partial charge in [-0.1, -0.05) is 35.3 Å². The van der Waals surface area contributed by atoms with Crippen LogP contribution in [0.3, 0.4) is 0 Å². The van der Waals surface area contributed by atoms with E-state index in [4.69, 9.17) is 9.47 Å². The summed E-state index contributed by atoms with van der Waals surface area (Å²) in [6, 6.07) is 5.31. The standard InChI is InChI=1S/C16H24BrNO3/c1-4-6-12(9-10-17)11-18-16(19)13-7-5-8-14(20-2)15(13)21-3/h5,7-8,12H,4,6,9-11H2,1-3H3,(H,18,19). The minimum Gasteiger partial charge on any atom is -0.493 e. The maximum Gasteiger partial charge on any atom is 0.255 e. The summed E-state index contributed by atoms with van der Waals surface area (Å²) in [5, 5.41) is 3.95. The van der Waals surface area contributed by atoms with Gasteiger partial charge in [0.15, 0.2) is 11.5 Å². The predicted molar refractivity (Wildman–Crippen MR) is 88.7 cm³/mol. The first-order chi connectivity index (χ1) is 10.2. The number of rotatable bonds is 9. The molecule has 1 unspecified atom stereocenters. The number of alkyl halides is 1. The van der Waals surface area contributed by atoms with Crippen molar-refractivity contribution in [2.45, 2.75) is 26.2 Å². The number of carbonyl (C=O) groups is 1. The molecule has 1 rings (SSSR count). The summed E-state index contributed by atoms with van der Waals surface area (Å²) in [4.78, 5) is 12.3. The molecule has 0 aliphatic rings. The smallest absolute Gasteiger partial charge is 0.255 e. The van der Waals surface area contributed by atoms with Crippen LogP contribution in [0.25, 0.3) is 0 Å². The van der Waals surface area contributed by atoms with Gasteiger partial charge in [0, 0.05) is 11.9 Å². The van der Waals surface area contributed by atoms with Crippen molar-refractivity contribution < 1.29 is 14.3 Å². The van der Waals surface area contributed by atoms with E-state index in [1.54, 1.807) is 32.4 Å². The van der Waals surface area contributed by atoms with Crippen molar-refractivity contribution in [1.29, 1.82) is 0 Å². The third-order valence-corrected chi connectivity index (χ3v) is 3.87. The van der Waals surface area contributed by atoms with Crippen LogP contribution < -0.4 is 14.8 Å². The van der Waals surface area contributed by atoms with Gasteiger partial charge in [-0.2, -0.15) is 0 Å². The van der Waals surface area contributed by atoms with Crippen LogP contribution in [0, 0.1) is 5.92 Å². The molecule has 0 saturated heterocycles. The van der Waals surface area contributed by atoms with Gasteiger partial charge in [0.1, 0.15) is 0 Å². The Kier molecular flexibility index (Phi) is 8.20. The molecular weight excluding hydrogens is 334 g/mol. The Morgan fingerprint density at radius 3 is 2.62 bits per heavy atom. The van der Waals surface area contributed by atoms with Gasteiger partial charge < -0.3 is 14.8 Å². The summed E-state index contributed by atoms with van der Waals surface area (Å²) >= 11 is 3.46. The fraction of sp³-hybridized carbons (Fsp3) is 0.562. The Morgan fingerprint density at radius 1 is 1.29 bits per heavy atom. The summed E-state index contributed by atoms with van der Waals surface area (Å²) in [5.74, 6) is 1.41. The number of carbonyl (C=O) groups excluding carboxylic acids is 1. The first kappa shape index (κ1) is 17.8. The number of hydrogen-bond donors (Lipinski definition) is 1. The Labute approximate surface area is 135 Å². The monoisotopic (exact) mass is 357 g/mol.